The van der Waals surface area contributed by atoms with Gasteiger partial charge in [-0.1, -0.05) is 57.9 Å². The summed E-state index contributed by atoms with van der Waals surface area (Å²) >= 11 is 0. The molecule has 2 aliphatic carbocycles. The van der Waals surface area contributed by atoms with Gasteiger partial charge >= 0.3 is 1.43 Å². The van der Waals surface area contributed by atoms with Crippen molar-refractivity contribution in [1.82, 2.24) is 0 Å². The van der Waals surface area contributed by atoms with Crippen molar-refractivity contribution < 1.29 is 6.22 Å². The summed E-state index contributed by atoms with van der Waals surface area (Å²) in [5, 5.41) is 0. The fourth-order valence-electron chi connectivity index (χ4n) is 3.70. The molecule has 0 unspecified atom stereocenters. The normalized spacial score (nSPS) is 38.7. The zero-order valence-corrected chi connectivity index (χ0v) is 15.1. The summed E-state index contributed by atoms with van der Waals surface area (Å²) in [4.78, 5) is 11.6. The van der Waals surface area contributed by atoms with Crippen LogP contribution in [-0.4, -0.2) is 5.78 Å². The number of Topliss-reactive ketones (excluding diaryl/α,β-unsaturated/α-hetero) is 1. The lowest BCUT2D eigenvalue weighted by Crippen LogP contribution is -2.34. The molecule has 0 spiro atoms. The van der Waals surface area contributed by atoms with Gasteiger partial charge < -0.3 is 0 Å². The van der Waals surface area contributed by atoms with E-state index in [2.05, 4.69) is 39.7 Å². The molecular formula is C21H35O+. The molecule has 1 nitrogen and oxygen atoms in total. The molecule has 124 valence electrons. The van der Waals surface area contributed by atoms with Gasteiger partial charge in [-0.2, -0.15) is 0 Å². The average Bonchev–Trinajstić information content (AvgIpc) is 2.51. The number of carbonyl (C=O) groups is 1. The molecule has 22 heavy (non-hydrogen) atoms. The van der Waals surface area contributed by atoms with Crippen LogP contribution in [0, 0.1) is 22.7 Å². The highest BCUT2D eigenvalue weighted by Crippen LogP contribution is 2.43. The van der Waals surface area contributed by atoms with E-state index in [9.17, 15) is 4.79 Å². The number of hydrogen-bond acceptors (Lipinski definition) is 1. The Morgan fingerprint density at radius 1 is 1.00 bits per heavy atom. The first kappa shape index (κ1) is 18.9. The number of hydrogen-bond donors (Lipinski definition) is 0. The minimum absolute atomic E-state index is 0. The topological polar surface area (TPSA) is 17.1 Å². The van der Waals surface area contributed by atoms with E-state index in [0.717, 1.165) is 19.3 Å². The molecule has 0 saturated heterocycles. The van der Waals surface area contributed by atoms with Crippen molar-refractivity contribution >= 4 is 5.78 Å². The molecule has 0 heterocycles. The van der Waals surface area contributed by atoms with Crippen LogP contribution in [0.3, 0.4) is 0 Å². The van der Waals surface area contributed by atoms with Crippen molar-refractivity contribution in [1.29, 1.82) is 0 Å². The molecule has 0 N–H and O–H groups in total. The molecular weight excluding hydrogens is 268 g/mol. The van der Waals surface area contributed by atoms with Crippen LogP contribution in [0.4, 0.5) is 0 Å². The Kier molecular flexibility index (Phi) is 6.40. The highest BCUT2D eigenvalue weighted by Gasteiger charge is 2.36. The van der Waals surface area contributed by atoms with E-state index in [0.29, 0.717) is 11.7 Å². The van der Waals surface area contributed by atoms with Gasteiger partial charge in [-0.05, 0) is 38.5 Å². The van der Waals surface area contributed by atoms with Crippen LogP contribution < -0.4 is 0 Å². The third kappa shape index (κ3) is 4.00. The first-order chi connectivity index (χ1) is 10.2. The van der Waals surface area contributed by atoms with E-state index < -0.39 is 0 Å². The van der Waals surface area contributed by atoms with Gasteiger partial charge in [0.05, 0.1) is 0 Å². The number of rotatable bonds is 2. The maximum absolute atomic E-state index is 11.6. The first-order valence-electron chi connectivity index (χ1n) is 8.71. The van der Waals surface area contributed by atoms with Gasteiger partial charge in [0.25, 0.3) is 0 Å². The fourth-order valence-corrected chi connectivity index (χ4v) is 3.70. The molecule has 2 rings (SSSR count). The van der Waals surface area contributed by atoms with Gasteiger partial charge in [0.2, 0.25) is 0 Å². The van der Waals surface area contributed by atoms with Crippen molar-refractivity contribution in [2.24, 2.45) is 22.7 Å². The van der Waals surface area contributed by atoms with E-state index in [1.165, 1.54) is 24.8 Å². The van der Waals surface area contributed by atoms with Crippen molar-refractivity contribution in [3.8, 4) is 0 Å². The van der Waals surface area contributed by atoms with Crippen molar-refractivity contribution in [2.45, 2.75) is 66.2 Å². The molecule has 0 radical (unpaired) electrons. The largest absolute Gasteiger partial charge is 1.00 e. The Labute approximate surface area is 139 Å². The third-order valence-electron chi connectivity index (χ3n) is 5.91. The summed E-state index contributed by atoms with van der Waals surface area (Å²) < 4.78 is 0. The maximum Gasteiger partial charge on any atom is 1.00 e. The molecule has 2 aliphatic rings. The fraction of sp³-hybridized carbons (Fsp3) is 0.667. The van der Waals surface area contributed by atoms with E-state index >= 15 is 0 Å². The monoisotopic (exact) mass is 303 g/mol. The molecule has 0 aliphatic heterocycles. The van der Waals surface area contributed by atoms with Gasteiger partial charge in [0.1, 0.15) is 5.78 Å². The van der Waals surface area contributed by atoms with E-state index in [1.807, 2.05) is 19.9 Å². The molecule has 2 fully saturated rings. The van der Waals surface area contributed by atoms with Gasteiger partial charge in [0, 0.05) is 16.7 Å². The third-order valence-corrected chi connectivity index (χ3v) is 5.91. The summed E-state index contributed by atoms with van der Waals surface area (Å²) in [6.07, 6.45) is 10.9. The van der Waals surface area contributed by atoms with Gasteiger partial charge in [0.15, 0.2) is 0 Å². The summed E-state index contributed by atoms with van der Waals surface area (Å²) in [6.45, 7) is 20.3. The highest BCUT2D eigenvalue weighted by atomic mass is 16.1. The van der Waals surface area contributed by atoms with Gasteiger partial charge in [-0.25, -0.2) is 0 Å². The van der Waals surface area contributed by atoms with Gasteiger partial charge in [-0.15, -0.1) is 13.2 Å². The Morgan fingerprint density at radius 3 is 1.86 bits per heavy atom. The summed E-state index contributed by atoms with van der Waals surface area (Å²) in [6, 6.07) is 0. The lowest BCUT2D eigenvalue weighted by molar-refractivity contribution is -0.131. The summed E-state index contributed by atoms with van der Waals surface area (Å²) in [5.74, 6) is 1.30. The van der Waals surface area contributed by atoms with Crippen LogP contribution in [-0.2, 0) is 4.79 Å². The zero-order chi connectivity index (χ0) is 17.0. The molecule has 4 atom stereocenters. The molecule has 0 bridgehead atoms. The van der Waals surface area contributed by atoms with E-state index in [-0.39, 0.29) is 18.2 Å². The molecule has 0 aromatic carbocycles. The van der Waals surface area contributed by atoms with Crippen LogP contribution in [0.15, 0.2) is 37.5 Å². The molecule has 0 amide bonds. The zero-order valence-electron chi connectivity index (χ0n) is 16.1. The van der Waals surface area contributed by atoms with Gasteiger partial charge in [-0.3, -0.25) is 4.79 Å². The standard InChI is InChI=1S/C11H18.C10H16O/c1-5-11(4)8-6-7-9(2)10(11)3;1-4-10(3)7-5-6-8(2)9(10)11/h5,9H,1,3,6-8H2,2,4H3;4,8H,1,5-7H2,2-3H3/p+1/t9-,11-;8-,10+/m11/s1. The summed E-state index contributed by atoms with van der Waals surface area (Å²) in [7, 11) is 0. The molecule has 1 heteroatoms. The predicted molar refractivity (Wildman–Crippen MR) is 97.9 cm³/mol. The Hall–Kier alpha value is -1.11. The number of carbonyl (C=O) groups excluding carboxylic acids is 1. The lowest BCUT2D eigenvalue weighted by Gasteiger charge is -2.37. The quantitative estimate of drug-likeness (QED) is 0.552. The molecule has 0 aromatic rings. The predicted octanol–water partition coefficient (Wildman–Crippen LogP) is 6.24. The van der Waals surface area contributed by atoms with E-state index in [1.54, 1.807) is 0 Å². The van der Waals surface area contributed by atoms with Crippen LogP contribution in [0.1, 0.15) is 67.6 Å². The first-order valence-corrected chi connectivity index (χ1v) is 8.71. The maximum atomic E-state index is 11.6. The van der Waals surface area contributed by atoms with Crippen molar-refractivity contribution in [3.63, 3.8) is 0 Å². The van der Waals surface area contributed by atoms with E-state index in [4.69, 9.17) is 0 Å². The van der Waals surface area contributed by atoms with Crippen LogP contribution in [0.2, 0.25) is 0 Å². The van der Waals surface area contributed by atoms with Crippen LogP contribution >= 0.6 is 0 Å². The second-order valence-corrected chi connectivity index (χ2v) is 7.72. The molecule has 2 saturated carbocycles. The highest BCUT2D eigenvalue weighted by molar-refractivity contribution is 5.88. The lowest BCUT2D eigenvalue weighted by atomic mass is 9.68. The second kappa shape index (κ2) is 7.44. The van der Waals surface area contributed by atoms with Crippen molar-refractivity contribution in [3.05, 3.63) is 37.5 Å². The minimum atomic E-state index is -0.225. The molecule has 0 aromatic heterocycles. The average molecular weight is 304 g/mol. The smallest absolute Gasteiger partial charge is 0.298 e. The number of allylic oxidation sites excluding steroid dienone is 3. The Morgan fingerprint density at radius 2 is 1.45 bits per heavy atom. The minimum Gasteiger partial charge on any atom is -0.298 e. The SMILES string of the molecule is C=C[C@@]1(C)CCC[C@@H](C)C1=O.C=C[C@]1(C)CCC[C@@H](C)C1=C.[H+]. The Bertz CT molecular complexity index is 411. The van der Waals surface area contributed by atoms with Crippen LogP contribution in [0.5, 0.6) is 0 Å². The number of ketones is 1. The second-order valence-electron chi connectivity index (χ2n) is 7.72. The summed E-state index contributed by atoms with van der Waals surface area (Å²) in [5.41, 5.74) is 1.37. The van der Waals surface area contributed by atoms with Crippen LogP contribution in [0.25, 0.3) is 0 Å². The Balaban J connectivity index is 0.000000403. The van der Waals surface area contributed by atoms with Crippen molar-refractivity contribution in [2.75, 3.05) is 0 Å².